The van der Waals surface area contributed by atoms with Crippen LogP contribution in [0, 0.1) is 5.92 Å². The van der Waals surface area contributed by atoms with Gasteiger partial charge >= 0.3 is 5.97 Å². The molecule has 0 aromatic carbocycles. The summed E-state index contributed by atoms with van der Waals surface area (Å²) < 4.78 is 0. The SMILES string of the molecule is CCC(CC(C)=O)CC(=O)O. The summed E-state index contributed by atoms with van der Waals surface area (Å²) in [6, 6.07) is 0. The number of aliphatic carboxylic acids is 1. The number of ketones is 1. The van der Waals surface area contributed by atoms with Crippen LogP contribution in [0.4, 0.5) is 0 Å². The number of hydrogen-bond acceptors (Lipinski definition) is 2. The van der Waals surface area contributed by atoms with Crippen LogP contribution < -0.4 is 0 Å². The molecule has 0 saturated carbocycles. The van der Waals surface area contributed by atoms with Gasteiger partial charge in [-0.2, -0.15) is 0 Å². The van der Waals surface area contributed by atoms with Crippen molar-refractivity contribution in [1.82, 2.24) is 0 Å². The fourth-order valence-electron chi connectivity index (χ4n) is 1.01. The Hall–Kier alpha value is -0.860. The zero-order valence-corrected chi connectivity index (χ0v) is 6.96. The number of carboxylic acids is 1. The minimum absolute atomic E-state index is 0.0185. The van der Waals surface area contributed by atoms with Gasteiger partial charge in [-0.1, -0.05) is 13.3 Å². The monoisotopic (exact) mass is 158 g/mol. The molecule has 0 spiro atoms. The van der Waals surface area contributed by atoms with Crippen molar-refractivity contribution in [2.45, 2.75) is 33.1 Å². The average Bonchev–Trinajstić information content (AvgIpc) is 1.84. The van der Waals surface area contributed by atoms with Crippen LogP contribution in [-0.2, 0) is 9.59 Å². The average molecular weight is 158 g/mol. The summed E-state index contributed by atoms with van der Waals surface area (Å²) in [5.41, 5.74) is 0. The minimum Gasteiger partial charge on any atom is -0.481 e. The van der Waals surface area contributed by atoms with Gasteiger partial charge in [0.1, 0.15) is 5.78 Å². The molecule has 0 rings (SSSR count). The predicted molar refractivity (Wildman–Crippen MR) is 41.3 cm³/mol. The molecule has 3 nitrogen and oxygen atoms in total. The summed E-state index contributed by atoms with van der Waals surface area (Å²) in [4.78, 5) is 20.8. The van der Waals surface area contributed by atoms with Crippen LogP contribution >= 0.6 is 0 Å². The van der Waals surface area contributed by atoms with E-state index in [0.717, 1.165) is 6.42 Å². The van der Waals surface area contributed by atoms with E-state index in [9.17, 15) is 9.59 Å². The molecule has 1 N–H and O–H groups in total. The number of hydrogen-bond donors (Lipinski definition) is 1. The second-order valence-electron chi connectivity index (χ2n) is 2.78. The zero-order valence-electron chi connectivity index (χ0n) is 6.96. The topological polar surface area (TPSA) is 54.4 Å². The highest BCUT2D eigenvalue weighted by Gasteiger charge is 2.12. The van der Waals surface area contributed by atoms with Gasteiger partial charge in [-0.15, -0.1) is 0 Å². The van der Waals surface area contributed by atoms with E-state index in [0.29, 0.717) is 6.42 Å². The molecular formula is C8H14O3. The van der Waals surface area contributed by atoms with E-state index in [2.05, 4.69) is 0 Å². The lowest BCUT2D eigenvalue weighted by molar-refractivity contribution is -0.138. The summed E-state index contributed by atoms with van der Waals surface area (Å²) in [6.45, 7) is 3.39. The van der Waals surface area contributed by atoms with Crippen LogP contribution in [-0.4, -0.2) is 16.9 Å². The molecule has 0 radical (unpaired) electrons. The standard InChI is InChI=1S/C8H14O3/c1-3-7(4-6(2)9)5-8(10)11/h7H,3-5H2,1-2H3,(H,10,11). The molecule has 3 heteroatoms. The van der Waals surface area contributed by atoms with Crippen LogP contribution in [0.1, 0.15) is 33.1 Å². The maximum absolute atomic E-state index is 10.6. The molecule has 0 bridgehead atoms. The molecule has 0 aliphatic rings. The molecule has 1 unspecified atom stereocenters. The van der Waals surface area contributed by atoms with Crippen molar-refractivity contribution >= 4 is 11.8 Å². The predicted octanol–water partition coefficient (Wildman–Crippen LogP) is 1.47. The lowest BCUT2D eigenvalue weighted by Crippen LogP contribution is -2.10. The Morgan fingerprint density at radius 2 is 1.91 bits per heavy atom. The Labute approximate surface area is 66.4 Å². The third kappa shape index (κ3) is 5.58. The van der Waals surface area contributed by atoms with E-state index in [1.807, 2.05) is 6.92 Å². The lowest BCUT2D eigenvalue weighted by atomic mass is 9.97. The van der Waals surface area contributed by atoms with Crippen molar-refractivity contribution in [3.8, 4) is 0 Å². The first-order chi connectivity index (χ1) is 5.06. The van der Waals surface area contributed by atoms with E-state index in [1.54, 1.807) is 0 Å². The second kappa shape index (κ2) is 4.88. The highest BCUT2D eigenvalue weighted by molar-refractivity contribution is 5.76. The van der Waals surface area contributed by atoms with E-state index >= 15 is 0 Å². The summed E-state index contributed by atoms with van der Waals surface area (Å²) in [6.07, 6.45) is 1.25. The van der Waals surface area contributed by atoms with Crippen LogP contribution in [0.25, 0.3) is 0 Å². The molecule has 64 valence electrons. The highest BCUT2D eigenvalue weighted by Crippen LogP contribution is 2.12. The van der Waals surface area contributed by atoms with Gasteiger partial charge in [0, 0.05) is 12.8 Å². The second-order valence-corrected chi connectivity index (χ2v) is 2.78. The Morgan fingerprint density at radius 1 is 1.36 bits per heavy atom. The third-order valence-electron chi connectivity index (χ3n) is 1.62. The van der Waals surface area contributed by atoms with Crippen molar-refractivity contribution in [2.24, 2.45) is 5.92 Å². The van der Waals surface area contributed by atoms with E-state index in [4.69, 9.17) is 5.11 Å². The van der Waals surface area contributed by atoms with Crippen LogP contribution in [0.15, 0.2) is 0 Å². The first kappa shape index (κ1) is 10.1. The van der Waals surface area contributed by atoms with Gasteiger partial charge in [0.2, 0.25) is 0 Å². The maximum atomic E-state index is 10.6. The highest BCUT2D eigenvalue weighted by atomic mass is 16.4. The van der Waals surface area contributed by atoms with Crippen molar-refractivity contribution in [3.05, 3.63) is 0 Å². The molecular weight excluding hydrogens is 144 g/mol. The molecule has 0 fully saturated rings. The summed E-state index contributed by atoms with van der Waals surface area (Å²) in [5.74, 6) is -0.735. The normalized spacial score (nSPS) is 12.5. The van der Waals surface area contributed by atoms with Gasteiger partial charge in [-0.05, 0) is 12.8 Å². The van der Waals surface area contributed by atoms with E-state index in [-0.39, 0.29) is 18.1 Å². The van der Waals surface area contributed by atoms with Gasteiger partial charge in [-0.3, -0.25) is 4.79 Å². The fraction of sp³-hybridized carbons (Fsp3) is 0.750. The molecule has 0 aromatic rings. The molecule has 0 heterocycles. The zero-order chi connectivity index (χ0) is 8.85. The largest absolute Gasteiger partial charge is 0.481 e. The number of rotatable bonds is 5. The summed E-state index contributed by atoms with van der Waals surface area (Å²) >= 11 is 0. The van der Waals surface area contributed by atoms with Crippen molar-refractivity contribution in [2.75, 3.05) is 0 Å². The van der Waals surface area contributed by atoms with E-state index < -0.39 is 5.97 Å². The number of carbonyl (C=O) groups is 2. The number of Topliss-reactive ketones (excluding diaryl/α,β-unsaturated/α-hetero) is 1. The maximum Gasteiger partial charge on any atom is 0.303 e. The first-order valence-electron chi connectivity index (χ1n) is 3.77. The minimum atomic E-state index is -0.821. The van der Waals surface area contributed by atoms with Gasteiger partial charge in [0.05, 0.1) is 0 Å². The lowest BCUT2D eigenvalue weighted by Gasteiger charge is -2.08. The Morgan fingerprint density at radius 3 is 2.18 bits per heavy atom. The van der Waals surface area contributed by atoms with Crippen molar-refractivity contribution in [1.29, 1.82) is 0 Å². The molecule has 1 atom stereocenters. The third-order valence-corrected chi connectivity index (χ3v) is 1.62. The summed E-state index contributed by atoms with van der Waals surface area (Å²) in [7, 11) is 0. The molecule has 0 aliphatic carbocycles. The smallest absolute Gasteiger partial charge is 0.303 e. The van der Waals surface area contributed by atoms with E-state index in [1.165, 1.54) is 6.92 Å². The van der Waals surface area contributed by atoms with Gasteiger partial charge in [0.25, 0.3) is 0 Å². The Bertz CT molecular complexity index is 135. The Balaban J connectivity index is 3.76. The van der Waals surface area contributed by atoms with Gasteiger partial charge < -0.3 is 9.90 Å². The first-order valence-corrected chi connectivity index (χ1v) is 3.77. The fourth-order valence-corrected chi connectivity index (χ4v) is 1.01. The number of carboxylic acid groups (broad SMARTS) is 1. The van der Waals surface area contributed by atoms with Crippen LogP contribution in [0.2, 0.25) is 0 Å². The number of carbonyl (C=O) groups excluding carboxylic acids is 1. The molecule has 0 aliphatic heterocycles. The quantitative estimate of drug-likeness (QED) is 0.659. The van der Waals surface area contributed by atoms with Crippen LogP contribution in [0.3, 0.4) is 0 Å². The molecule has 0 aromatic heterocycles. The van der Waals surface area contributed by atoms with Crippen molar-refractivity contribution in [3.63, 3.8) is 0 Å². The van der Waals surface area contributed by atoms with Gasteiger partial charge in [0.15, 0.2) is 0 Å². The van der Waals surface area contributed by atoms with Gasteiger partial charge in [-0.25, -0.2) is 0 Å². The summed E-state index contributed by atoms with van der Waals surface area (Å²) in [5, 5.41) is 8.42. The molecule has 0 amide bonds. The Kier molecular flexibility index (Phi) is 4.50. The van der Waals surface area contributed by atoms with Crippen molar-refractivity contribution < 1.29 is 14.7 Å². The molecule has 11 heavy (non-hydrogen) atoms. The molecule has 0 saturated heterocycles. The van der Waals surface area contributed by atoms with Crippen LogP contribution in [0.5, 0.6) is 0 Å².